The molecule has 2 aromatic rings. The summed E-state index contributed by atoms with van der Waals surface area (Å²) in [6.45, 7) is 0.643. The van der Waals surface area contributed by atoms with Gasteiger partial charge in [0.05, 0.1) is 5.92 Å². The fourth-order valence-electron chi connectivity index (χ4n) is 2.74. The molecule has 3 nitrogen and oxygen atoms in total. The van der Waals surface area contributed by atoms with E-state index in [1.54, 1.807) is 0 Å². The molecule has 0 saturated carbocycles. The minimum Gasteiger partial charge on any atom is -0.278 e. The number of nitrogens with one attached hydrogen (secondary N) is 1. The molecule has 0 saturated heterocycles. The van der Waals surface area contributed by atoms with Crippen LogP contribution in [0, 0.1) is 0 Å². The lowest BCUT2D eigenvalue weighted by Crippen LogP contribution is -2.30. The third-order valence-corrected chi connectivity index (χ3v) is 4.37. The molecule has 0 amide bonds. The molecule has 1 atom stereocenters. The molecule has 1 aliphatic rings. The Morgan fingerprint density at radius 3 is 2.40 bits per heavy atom. The maximum atomic E-state index is 11.6. The van der Waals surface area contributed by atoms with Crippen molar-refractivity contribution in [2.24, 2.45) is 0 Å². The highest BCUT2D eigenvalue weighted by atomic mass is 32.2. The van der Waals surface area contributed by atoms with Gasteiger partial charge in [-0.3, -0.25) is 5.32 Å². The van der Waals surface area contributed by atoms with E-state index >= 15 is 0 Å². The third-order valence-electron chi connectivity index (χ3n) is 3.63. The van der Waals surface area contributed by atoms with Gasteiger partial charge in [0.25, 0.3) is 0 Å². The van der Waals surface area contributed by atoms with Crippen molar-refractivity contribution in [3.63, 3.8) is 0 Å². The first kappa shape index (κ1) is 13.1. The van der Waals surface area contributed by atoms with E-state index in [-0.39, 0.29) is 5.92 Å². The zero-order chi connectivity index (χ0) is 13.9. The molecule has 20 heavy (non-hydrogen) atoms. The SMILES string of the molecule is O=S(=O)=C1NCCc2ccccc2C1c1ccccc1. The molecule has 102 valence electrons. The van der Waals surface area contributed by atoms with Crippen LogP contribution >= 0.6 is 0 Å². The van der Waals surface area contributed by atoms with Gasteiger partial charge in [0.15, 0.2) is 0 Å². The molecule has 1 unspecified atom stereocenters. The van der Waals surface area contributed by atoms with E-state index in [1.807, 2.05) is 48.5 Å². The van der Waals surface area contributed by atoms with E-state index in [4.69, 9.17) is 0 Å². The summed E-state index contributed by atoms with van der Waals surface area (Å²) in [5.41, 5.74) is 3.27. The number of fused-ring (bicyclic) bond motifs is 1. The molecule has 0 radical (unpaired) electrons. The third kappa shape index (κ3) is 2.40. The minimum absolute atomic E-state index is 0.242. The summed E-state index contributed by atoms with van der Waals surface area (Å²) >= 11 is 0. The van der Waals surface area contributed by atoms with Crippen LogP contribution in [-0.4, -0.2) is 20.0 Å². The van der Waals surface area contributed by atoms with Crippen molar-refractivity contribution >= 4 is 15.3 Å². The second-order valence-corrected chi connectivity index (χ2v) is 5.73. The maximum Gasteiger partial charge on any atom is 0.229 e. The van der Waals surface area contributed by atoms with Gasteiger partial charge in [-0.2, -0.15) is 8.42 Å². The number of benzene rings is 2. The molecule has 0 aromatic heterocycles. The zero-order valence-electron chi connectivity index (χ0n) is 10.9. The van der Waals surface area contributed by atoms with Crippen molar-refractivity contribution in [2.45, 2.75) is 12.3 Å². The molecular weight excluding hydrogens is 270 g/mol. The van der Waals surface area contributed by atoms with E-state index < -0.39 is 10.3 Å². The van der Waals surface area contributed by atoms with Gasteiger partial charge in [0.2, 0.25) is 10.3 Å². The Labute approximate surface area is 119 Å². The highest BCUT2D eigenvalue weighted by Gasteiger charge is 2.26. The molecule has 3 rings (SSSR count). The van der Waals surface area contributed by atoms with Crippen LogP contribution in [0.15, 0.2) is 54.6 Å². The van der Waals surface area contributed by atoms with Crippen LogP contribution < -0.4 is 5.32 Å². The largest absolute Gasteiger partial charge is 0.278 e. The molecule has 0 fully saturated rings. The lowest BCUT2D eigenvalue weighted by Gasteiger charge is -2.18. The Hall–Kier alpha value is -1.91. The Kier molecular flexibility index (Phi) is 3.67. The molecule has 0 spiro atoms. The van der Waals surface area contributed by atoms with Crippen molar-refractivity contribution in [3.05, 3.63) is 71.3 Å². The van der Waals surface area contributed by atoms with Crippen molar-refractivity contribution in [3.8, 4) is 0 Å². The molecule has 0 bridgehead atoms. The first-order valence-electron chi connectivity index (χ1n) is 6.60. The van der Waals surface area contributed by atoms with Crippen molar-refractivity contribution < 1.29 is 8.42 Å². The fourth-order valence-corrected chi connectivity index (χ4v) is 3.41. The van der Waals surface area contributed by atoms with Crippen LogP contribution in [0.1, 0.15) is 22.6 Å². The van der Waals surface area contributed by atoms with Crippen LogP contribution in [0.5, 0.6) is 0 Å². The second-order valence-electron chi connectivity index (χ2n) is 4.82. The Morgan fingerprint density at radius 2 is 1.65 bits per heavy atom. The van der Waals surface area contributed by atoms with Gasteiger partial charge in [-0.1, -0.05) is 54.6 Å². The highest BCUT2D eigenvalue weighted by molar-refractivity contribution is 7.73. The van der Waals surface area contributed by atoms with Gasteiger partial charge in [-0.05, 0) is 23.1 Å². The lowest BCUT2D eigenvalue weighted by molar-refractivity contribution is 0.625. The topological polar surface area (TPSA) is 46.2 Å². The monoisotopic (exact) mass is 285 g/mol. The number of hydrogen-bond donors (Lipinski definition) is 1. The van der Waals surface area contributed by atoms with Gasteiger partial charge < -0.3 is 0 Å². The molecule has 1 N–H and O–H groups in total. The Morgan fingerprint density at radius 1 is 0.950 bits per heavy atom. The van der Waals surface area contributed by atoms with E-state index in [2.05, 4.69) is 11.4 Å². The maximum absolute atomic E-state index is 11.6. The van der Waals surface area contributed by atoms with Crippen LogP contribution in [0.3, 0.4) is 0 Å². The number of hydrogen-bond acceptors (Lipinski definition) is 2. The van der Waals surface area contributed by atoms with E-state index in [9.17, 15) is 8.42 Å². The van der Waals surface area contributed by atoms with Gasteiger partial charge in [-0.15, -0.1) is 0 Å². The van der Waals surface area contributed by atoms with E-state index in [0.29, 0.717) is 11.5 Å². The van der Waals surface area contributed by atoms with Crippen molar-refractivity contribution in [2.75, 3.05) is 6.54 Å². The molecule has 4 heteroatoms. The summed E-state index contributed by atoms with van der Waals surface area (Å²) < 4.78 is 23.2. The first-order chi connectivity index (χ1) is 9.77. The Bertz CT molecular complexity index is 743. The average Bonchev–Trinajstić information content (AvgIpc) is 2.67. The smallest absolute Gasteiger partial charge is 0.229 e. The first-order valence-corrected chi connectivity index (χ1v) is 7.67. The van der Waals surface area contributed by atoms with Gasteiger partial charge >= 0.3 is 0 Å². The molecular formula is C16H15NO2S. The van der Waals surface area contributed by atoms with Gasteiger partial charge in [-0.25, -0.2) is 0 Å². The van der Waals surface area contributed by atoms with Crippen LogP contribution in [0.2, 0.25) is 0 Å². The normalized spacial score (nSPS) is 18.2. The van der Waals surface area contributed by atoms with Gasteiger partial charge in [0.1, 0.15) is 4.99 Å². The molecule has 2 aromatic carbocycles. The average molecular weight is 285 g/mol. The van der Waals surface area contributed by atoms with Crippen LogP contribution in [0.25, 0.3) is 0 Å². The summed E-state index contributed by atoms with van der Waals surface area (Å²) in [4.78, 5) is 0.362. The lowest BCUT2D eigenvalue weighted by atomic mass is 9.88. The number of rotatable bonds is 1. The molecule has 0 aliphatic carbocycles. The van der Waals surface area contributed by atoms with Crippen LogP contribution in [0.4, 0.5) is 0 Å². The summed E-state index contributed by atoms with van der Waals surface area (Å²) in [5.74, 6) is -0.242. The second kappa shape index (κ2) is 5.61. The summed E-state index contributed by atoms with van der Waals surface area (Å²) in [7, 11) is -2.25. The molecule has 1 aliphatic heterocycles. The summed E-state index contributed by atoms with van der Waals surface area (Å²) in [6.07, 6.45) is 0.834. The molecule has 1 heterocycles. The minimum atomic E-state index is -2.25. The van der Waals surface area contributed by atoms with E-state index in [0.717, 1.165) is 17.5 Å². The predicted octanol–water partition coefficient (Wildman–Crippen LogP) is 1.97. The quantitative estimate of drug-likeness (QED) is 0.815. The van der Waals surface area contributed by atoms with E-state index in [1.165, 1.54) is 5.56 Å². The summed E-state index contributed by atoms with van der Waals surface area (Å²) in [6, 6.07) is 17.8. The van der Waals surface area contributed by atoms with Gasteiger partial charge in [0, 0.05) is 6.54 Å². The highest BCUT2D eigenvalue weighted by Crippen LogP contribution is 2.29. The van der Waals surface area contributed by atoms with Crippen molar-refractivity contribution in [1.82, 2.24) is 5.32 Å². The Balaban J connectivity index is 2.26. The summed E-state index contributed by atoms with van der Waals surface area (Å²) in [5, 5.41) is 3.08. The standard InChI is InChI=1S/C16H15NO2S/c18-20(19)16-15(13-7-2-1-3-8-13)14-9-5-4-6-12(14)10-11-17-16/h1-9,15,17H,10-11H2. The van der Waals surface area contributed by atoms with Crippen LogP contribution in [-0.2, 0) is 16.7 Å². The predicted molar refractivity (Wildman–Crippen MR) is 80.4 cm³/mol. The fraction of sp³-hybridized carbons (Fsp3) is 0.188. The van der Waals surface area contributed by atoms with Crippen molar-refractivity contribution in [1.29, 1.82) is 0 Å². The zero-order valence-corrected chi connectivity index (χ0v) is 11.7.